The Labute approximate surface area is 151 Å². The van der Waals surface area contributed by atoms with Crippen LogP contribution in [0, 0.1) is 6.92 Å². The molecule has 2 aromatic carbocycles. The predicted octanol–water partition coefficient (Wildman–Crippen LogP) is 4.99. The number of anilines is 1. The number of thiophene rings is 1. The summed E-state index contributed by atoms with van der Waals surface area (Å²) in [4.78, 5) is 13.4. The summed E-state index contributed by atoms with van der Waals surface area (Å²) >= 11 is 1.42. The van der Waals surface area contributed by atoms with Crippen molar-refractivity contribution < 1.29 is 14.3 Å². The summed E-state index contributed by atoms with van der Waals surface area (Å²) in [5.41, 5.74) is 3.77. The standard InChI is InChI=1S/C20H19NO3S/c1-13-4-6-14(7-5-13)18-8-9-25-19(18)20(22)21-15-10-16(23-2)12-17(11-15)24-3/h4-12H,1-3H3,(H,21,22). The molecule has 1 amide bonds. The molecule has 3 rings (SSSR count). The average Bonchev–Trinajstić information content (AvgIpc) is 3.11. The number of benzene rings is 2. The van der Waals surface area contributed by atoms with E-state index in [1.54, 1.807) is 32.4 Å². The Bertz CT molecular complexity index is 862. The SMILES string of the molecule is COc1cc(NC(=O)c2sccc2-c2ccc(C)cc2)cc(OC)c1. The third kappa shape index (κ3) is 3.83. The minimum absolute atomic E-state index is 0.152. The van der Waals surface area contributed by atoms with Crippen LogP contribution in [-0.2, 0) is 0 Å². The molecule has 0 bridgehead atoms. The van der Waals surface area contributed by atoms with Crippen LogP contribution in [0.3, 0.4) is 0 Å². The number of hydrogen-bond donors (Lipinski definition) is 1. The first-order valence-corrected chi connectivity index (χ1v) is 8.67. The zero-order valence-corrected chi connectivity index (χ0v) is 15.1. The molecule has 0 spiro atoms. The molecule has 0 atom stereocenters. The van der Waals surface area contributed by atoms with Crippen molar-refractivity contribution in [2.24, 2.45) is 0 Å². The minimum atomic E-state index is -0.152. The molecule has 0 saturated heterocycles. The molecule has 0 radical (unpaired) electrons. The first kappa shape index (κ1) is 17.0. The van der Waals surface area contributed by atoms with Gasteiger partial charge in [0.1, 0.15) is 11.5 Å². The maximum atomic E-state index is 12.8. The van der Waals surface area contributed by atoms with Crippen LogP contribution >= 0.6 is 11.3 Å². The van der Waals surface area contributed by atoms with Crippen molar-refractivity contribution in [3.8, 4) is 22.6 Å². The summed E-state index contributed by atoms with van der Waals surface area (Å²) in [5.74, 6) is 1.10. The first-order chi connectivity index (χ1) is 12.1. The van der Waals surface area contributed by atoms with Gasteiger partial charge in [0, 0.05) is 29.4 Å². The topological polar surface area (TPSA) is 47.6 Å². The van der Waals surface area contributed by atoms with Gasteiger partial charge < -0.3 is 14.8 Å². The number of methoxy groups -OCH3 is 2. The van der Waals surface area contributed by atoms with E-state index in [4.69, 9.17) is 9.47 Å². The highest BCUT2D eigenvalue weighted by atomic mass is 32.1. The van der Waals surface area contributed by atoms with Crippen LogP contribution in [-0.4, -0.2) is 20.1 Å². The van der Waals surface area contributed by atoms with E-state index in [9.17, 15) is 4.79 Å². The highest BCUT2D eigenvalue weighted by Crippen LogP contribution is 2.31. The average molecular weight is 353 g/mol. The number of nitrogens with one attached hydrogen (secondary N) is 1. The van der Waals surface area contributed by atoms with E-state index in [-0.39, 0.29) is 5.91 Å². The maximum absolute atomic E-state index is 12.8. The summed E-state index contributed by atoms with van der Waals surface area (Å²) in [6.07, 6.45) is 0. The molecule has 0 fully saturated rings. The Morgan fingerprint density at radius 2 is 1.60 bits per heavy atom. The van der Waals surface area contributed by atoms with Crippen LogP contribution in [0.2, 0.25) is 0 Å². The smallest absolute Gasteiger partial charge is 0.266 e. The fourth-order valence-electron chi connectivity index (χ4n) is 2.51. The van der Waals surface area contributed by atoms with E-state index in [0.717, 1.165) is 11.1 Å². The molecule has 0 aliphatic rings. The van der Waals surface area contributed by atoms with Crippen LogP contribution in [0.1, 0.15) is 15.2 Å². The summed E-state index contributed by atoms with van der Waals surface area (Å²) in [7, 11) is 3.16. The van der Waals surface area contributed by atoms with Gasteiger partial charge in [-0.1, -0.05) is 29.8 Å². The Morgan fingerprint density at radius 1 is 0.960 bits per heavy atom. The third-order valence-corrected chi connectivity index (χ3v) is 4.76. The summed E-state index contributed by atoms with van der Waals surface area (Å²) in [6.45, 7) is 2.04. The molecule has 128 valence electrons. The van der Waals surface area contributed by atoms with Crippen LogP contribution < -0.4 is 14.8 Å². The Hall–Kier alpha value is -2.79. The summed E-state index contributed by atoms with van der Waals surface area (Å²) in [6, 6.07) is 15.4. The molecule has 0 saturated carbocycles. The lowest BCUT2D eigenvalue weighted by atomic mass is 10.0. The number of carbonyl (C=O) groups is 1. The van der Waals surface area contributed by atoms with Crippen LogP contribution in [0.5, 0.6) is 11.5 Å². The molecule has 5 heteroatoms. The molecule has 1 heterocycles. The fourth-order valence-corrected chi connectivity index (χ4v) is 3.32. The quantitative estimate of drug-likeness (QED) is 0.703. The van der Waals surface area contributed by atoms with E-state index in [2.05, 4.69) is 5.32 Å². The highest BCUT2D eigenvalue weighted by molar-refractivity contribution is 7.12. The monoisotopic (exact) mass is 353 g/mol. The van der Waals surface area contributed by atoms with Crippen molar-refractivity contribution in [2.45, 2.75) is 6.92 Å². The van der Waals surface area contributed by atoms with Crippen molar-refractivity contribution in [1.29, 1.82) is 0 Å². The van der Waals surface area contributed by atoms with Crippen molar-refractivity contribution in [1.82, 2.24) is 0 Å². The lowest BCUT2D eigenvalue weighted by Gasteiger charge is -2.10. The molecule has 3 aromatic rings. The maximum Gasteiger partial charge on any atom is 0.266 e. The Morgan fingerprint density at radius 3 is 2.20 bits per heavy atom. The zero-order chi connectivity index (χ0) is 17.8. The lowest BCUT2D eigenvalue weighted by Crippen LogP contribution is -2.11. The predicted molar refractivity (Wildman–Crippen MR) is 102 cm³/mol. The van der Waals surface area contributed by atoms with Crippen LogP contribution in [0.4, 0.5) is 5.69 Å². The number of rotatable bonds is 5. The molecule has 25 heavy (non-hydrogen) atoms. The number of ether oxygens (including phenoxy) is 2. The van der Waals surface area contributed by atoms with E-state index in [1.807, 2.05) is 42.6 Å². The second-order valence-electron chi connectivity index (χ2n) is 5.58. The van der Waals surface area contributed by atoms with E-state index >= 15 is 0 Å². The number of amides is 1. The molecule has 0 unspecified atom stereocenters. The van der Waals surface area contributed by atoms with Gasteiger partial charge in [-0.3, -0.25) is 4.79 Å². The van der Waals surface area contributed by atoms with Crippen LogP contribution in [0.25, 0.3) is 11.1 Å². The molecule has 1 N–H and O–H groups in total. The van der Waals surface area contributed by atoms with Gasteiger partial charge in [0.15, 0.2) is 0 Å². The second-order valence-corrected chi connectivity index (χ2v) is 6.50. The van der Waals surface area contributed by atoms with Crippen molar-refractivity contribution in [3.05, 3.63) is 64.4 Å². The van der Waals surface area contributed by atoms with Gasteiger partial charge in [0.05, 0.1) is 19.1 Å². The molecular formula is C20H19NO3S. The molecular weight excluding hydrogens is 334 g/mol. The molecule has 0 aliphatic heterocycles. The van der Waals surface area contributed by atoms with Crippen LogP contribution in [0.15, 0.2) is 53.9 Å². The van der Waals surface area contributed by atoms with Gasteiger partial charge >= 0.3 is 0 Å². The first-order valence-electron chi connectivity index (χ1n) is 7.79. The van der Waals surface area contributed by atoms with Gasteiger partial charge in [0.25, 0.3) is 5.91 Å². The highest BCUT2D eigenvalue weighted by Gasteiger charge is 2.15. The minimum Gasteiger partial charge on any atom is -0.497 e. The molecule has 4 nitrogen and oxygen atoms in total. The van der Waals surface area contributed by atoms with E-state index in [1.165, 1.54) is 16.9 Å². The van der Waals surface area contributed by atoms with Crippen molar-refractivity contribution in [2.75, 3.05) is 19.5 Å². The van der Waals surface area contributed by atoms with Crippen molar-refractivity contribution in [3.63, 3.8) is 0 Å². The Kier molecular flexibility index (Phi) is 5.05. The second kappa shape index (κ2) is 7.40. The van der Waals surface area contributed by atoms with Gasteiger partial charge in [-0.2, -0.15) is 0 Å². The largest absolute Gasteiger partial charge is 0.497 e. The third-order valence-electron chi connectivity index (χ3n) is 3.84. The number of hydrogen-bond acceptors (Lipinski definition) is 4. The van der Waals surface area contributed by atoms with E-state index in [0.29, 0.717) is 22.1 Å². The fraction of sp³-hybridized carbons (Fsp3) is 0.150. The number of aryl methyl sites for hydroxylation is 1. The lowest BCUT2D eigenvalue weighted by molar-refractivity contribution is 0.103. The van der Waals surface area contributed by atoms with E-state index < -0.39 is 0 Å². The summed E-state index contributed by atoms with van der Waals surface area (Å²) < 4.78 is 10.5. The zero-order valence-electron chi connectivity index (χ0n) is 14.3. The van der Waals surface area contributed by atoms with Crippen molar-refractivity contribution >= 4 is 22.9 Å². The van der Waals surface area contributed by atoms with Gasteiger partial charge in [-0.05, 0) is 23.9 Å². The molecule has 1 aromatic heterocycles. The van der Waals surface area contributed by atoms with Gasteiger partial charge in [-0.25, -0.2) is 0 Å². The Balaban J connectivity index is 1.88. The van der Waals surface area contributed by atoms with Gasteiger partial charge in [0.2, 0.25) is 0 Å². The molecule has 0 aliphatic carbocycles. The van der Waals surface area contributed by atoms with Gasteiger partial charge in [-0.15, -0.1) is 11.3 Å². The normalized spacial score (nSPS) is 10.4. The summed E-state index contributed by atoms with van der Waals surface area (Å²) in [5, 5.41) is 4.85. The number of carbonyl (C=O) groups excluding carboxylic acids is 1.